The van der Waals surface area contributed by atoms with E-state index in [0.29, 0.717) is 18.8 Å². The second-order valence-corrected chi connectivity index (χ2v) is 11.3. The highest BCUT2D eigenvalue weighted by Gasteiger charge is 2.34. The maximum atomic E-state index is 13.4. The molecule has 4 heteroatoms. The zero-order valence-electron chi connectivity index (χ0n) is 22.3. The van der Waals surface area contributed by atoms with E-state index in [4.69, 9.17) is 0 Å². The number of aryl methyl sites for hydroxylation is 1. The van der Waals surface area contributed by atoms with Gasteiger partial charge in [-0.3, -0.25) is 19.2 Å². The summed E-state index contributed by atoms with van der Waals surface area (Å²) in [5, 5.41) is 0. The van der Waals surface area contributed by atoms with Crippen LogP contribution in [0.15, 0.2) is 12.1 Å². The van der Waals surface area contributed by atoms with Crippen molar-refractivity contribution in [3.63, 3.8) is 0 Å². The zero-order chi connectivity index (χ0) is 25.5. The summed E-state index contributed by atoms with van der Waals surface area (Å²) in [7, 11) is 0. The number of ketones is 4. The molecule has 1 fully saturated rings. The molecular weight excluding hydrogens is 436 g/mol. The number of Topliss-reactive ketones (excluding diaryl/α,β-unsaturated/α-hetero) is 4. The maximum absolute atomic E-state index is 13.4. The van der Waals surface area contributed by atoms with Crippen LogP contribution in [0.25, 0.3) is 0 Å². The molecule has 3 atom stereocenters. The van der Waals surface area contributed by atoms with E-state index >= 15 is 0 Å². The van der Waals surface area contributed by atoms with Gasteiger partial charge in [-0.05, 0) is 62.0 Å². The van der Waals surface area contributed by atoms with E-state index in [1.165, 1.54) is 26.2 Å². The van der Waals surface area contributed by atoms with Crippen molar-refractivity contribution in [1.82, 2.24) is 0 Å². The third-order valence-electron chi connectivity index (χ3n) is 8.41. The van der Waals surface area contributed by atoms with Crippen molar-refractivity contribution in [2.45, 2.75) is 111 Å². The van der Waals surface area contributed by atoms with E-state index in [1.807, 2.05) is 26.0 Å². The first kappa shape index (κ1) is 27.5. The molecule has 0 spiro atoms. The number of fused-ring (bicyclic) bond motifs is 1. The van der Waals surface area contributed by atoms with Gasteiger partial charge in [-0.2, -0.15) is 0 Å². The van der Waals surface area contributed by atoms with E-state index in [1.54, 1.807) is 0 Å². The first-order valence-electron chi connectivity index (χ1n) is 14.0. The van der Waals surface area contributed by atoms with Gasteiger partial charge >= 0.3 is 0 Å². The van der Waals surface area contributed by atoms with Crippen molar-refractivity contribution in [3.8, 4) is 0 Å². The molecule has 0 aromatic heterocycles. The highest BCUT2D eigenvalue weighted by atomic mass is 16.1. The van der Waals surface area contributed by atoms with Gasteiger partial charge in [0.1, 0.15) is 11.6 Å². The molecule has 35 heavy (non-hydrogen) atoms. The molecule has 4 nitrogen and oxygen atoms in total. The zero-order valence-corrected chi connectivity index (χ0v) is 22.3. The largest absolute Gasteiger partial charge is 0.300 e. The van der Waals surface area contributed by atoms with Gasteiger partial charge in [0.05, 0.1) is 6.42 Å². The predicted molar refractivity (Wildman–Crippen MR) is 140 cm³/mol. The summed E-state index contributed by atoms with van der Waals surface area (Å²) >= 11 is 0. The Kier molecular flexibility index (Phi) is 10.0. The minimum absolute atomic E-state index is 0.00413. The van der Waals surface area contributed by atoms with Crippen LogP contribution in [0.2, 0.25) is 0 Å². The highest BCUT2D eigenvalue weighted by molar-refractivity contribution is 6.05. The summed E-state index contributed by atoms with van der Waals surface area (Å²) in [6.07, 6.45) is 11.2. The minimum Gasteiger partial charge on any atom is -0.300 e. The van der Waals surface area contributed by atoms with Gasteiger partial charge in [0.2, 0.25) is 0 Å². The second kappa shape index (κ2) is 12.7. The summed E-state index contributed by atoms with van der Waals surface area (Å²) < 4.78 is 0. The van der Waals surface area contributed by atoms with Gasteiger partial charge in [0, 0.05) is 29.9 Å². The number of carbonyl (C=O) groups excluding carboxylic acids is 4. The lowest BCUT2D eigenvalue weighted by molar-refractivity contribution is -0.129. The summed E-state index contributed by atoms with van der Waals surface area (Å²) in [5.41, 5.74) is 3.43. The molecule has 3 unspecified atom stereocenters. The van der Waals surface area contributed by atoms with Crippen LogP contribution >= 0.6 is 0 Å². The normalized spacial score (nSPS) is 20.2. The Morgan fingerprint density at radius 1 is 1.00 bits per heavy atom. The molecular formula is C31H44O4. The number of rotatable bonds is 12. The monoisotopic (exact) mass is 480 g/mol. The smallest absolute Gasteiger partial charge is 0.163 e. The first-order valence-corrected chi connectivity index (χ1v) is 14.0. The quantitative estimate of drug-likeness (QED) is 0.233. The Labute approximate surface area is 211 Å². The Morgan fingerprint density at radius 2 is 1.71 bits per heavy atom. The molecule has 2 aliphatic rings. The fourth-order valence-corrected chi connectivity index (χ4v) is 6.76. The van der Waals surface area contributed by atoms with Gasteiger partial charge in [0.15, 0.2) is 11.6 Å². The van der Waals surface area contributed by atoms with Crippen LogP contribution < -0.4 is 0 Å². The van der Waals surface area contributed by atoms with Gasteiger partial charge in [-0.15, -0.1) is 0 Å². The Balaban J connectivity index is 1.83. The minimum atomic E-state index is -0.139. The van der Waals surface area contributed by atoms with E-state index in [0.717, 1.165) is 67.2 Å². The molecule has 1 saturated carbocycles. The molecule has 0 saturated heterocycles. The predicted octanol–water partition coefficient (Wildman–Crippen LogP) is 7.27. The lowest BCUT2D eigenvalue weighted by Crippen LogP contribution is -2.30. The van der Waals surface area contributed by atoms with Crippen molar-refractivity contribution >= 4 is 23.1 Å². The molecule has 1 aromatic carbocycles. The topological polar surface area (TPSA) is 68.3 Å². The molecule has 0 bridgehead atoms. The standard InChI is InChI=1S/C31H44O4/c1-5-10-24(25(6-2)28(33)15-21(4)32)16-23-17-27-26(14-13-20(3)31(27)30(35)19-23)29(34)18-22-11-8-7-9-12-22/h13-14,22-25H,5-12,15-19H2,1-4H3. The summed E-state index contributed by atoms with van der Waals surface area (Å²) in [6.45, 7) is 7.60. The molecule has 1 aromatic rings. The molecule has 192 valence electrons. The van der Waals surface area contributed by atoms with E-state index in [2.05, 4.69) is 6.92 Å². The first-order chi connectivity index (χ1) is 16.7. The van der Waals surface area contributed by atoms with Crippen LogP contribution in [0.4, 0.5) is 0 Å². The van der Waals surface area contributed by atoms with Crippen LogP contribution in [0.3, 0.4) is 0 Å². The van der Waals surface area contributed by atoms with E-state index < -0.39 is 0 Å². The summed E-state index contributed by atoms with van der Waals surface area (Å²) in [4.78, 5) is 51.2. The molecule has 0 radical (unpaired) electrons. The fourth-order valence-electron chi connectivity index (χ4n) is 6.76. The van der Waals surface area contributed by atoms with E-state index in [9.17, 15) is 19.2 Å². The van der Waals surface area contributed by atoms with Crippen molar-refractivity contribution in [2.75, 3.05) is 0 Å². The average molecular weight is 481 g/mol. The number of carbonyl (C=O) groups is 4. The van der Waals surface area contributed by atoms with Crippen molar-refractivity contribution in [2.24, 2.45) is 23.7 Å². The fraction of sp³-hybridized carbons (Fsp3) is 0.677. The average Bonchev–Trinajstić information content (AvgIpc) is 2.79. The molecule has 2 aliphatic carbocycles. The van der Waals surface area contributed by atoms with Crippen LogP contribution in [-0.4, -0.2) is 23.1 Å². The molecule has 0 amide bonds. The third kappa shape index (κ3) is 6.98. The van der Waals surface area contributed by atoms with Gasteiger partial charge in [0.25, 0.3) is 0 Å². The van der Waals surface area contributed by atoms with Crippen LogP contribution in [0, 0.1) is 30.6 Å². The van der Waals surface area contributed by atoms with Gasteiger partial charge < -0.3 is 0 Å². The van der Waals surface area contributed by atoms with Crippen LogP contribution in [0.1, 0.15) is 130 Å². The molecule has 3 rings (SSSR count). The molecule has 0 N–H and O–H groups in total. The van der Waals surface area contributed by atoms with Crippen molar-refractivity contribution in [3.05, 3.63) is 34.4 Å². The SMILES string of the molecule is CCCC(CC1CC(=O)c2c(C)ccc(C(=O)CC3CCCCC3)c2C1)C(CC)C(=O)CC(C)=O. The Morgan fingerprint density at radius 3 is 2.34 bits per heavy atom. The van der Waals surface area contributed by atoms with Gasteiger partial charge in [-0.1, -0.05) is 70.9 Å². The highest BCUT2D eigenvalue weighted by Crippen LogP contribution is 2.38. The maximum Gasteiger partial charge on any atom is 0.163 e. The van der Waals surface area contributed by atoms with Crippen molar-refractivity contribution in [1.29, 1.82) is 0 Å². The third-order valence-corrected chi connectivity index (χ3v) is 8.41. The summed E-state index contributed by atoms with van der Waals surface area (Å²) in [6, 6.07) is 3.89. The van der Waals surface area contributed by atoms with E-state index in [-0.39, 0.29) is 47.3 Å². The number of hydrogen-bond acceptors (Lipinski definition) is 4. The molecule has 0 aliphatic heterocycles. The summed E-state index contributed by atoms with van der Waals surface area (Å²) in [5.74, 6) is 0.919. The van der Waals surface area contributed by atoms with Gasteiger partial charge in [-0.25, -0.2) is 0 Å². The van der Waals surface area contributed by atoms with Crippen molar-refractivity contribution < 1.29 is 19.2 Å². The second-order valence-electron chi connectivity index (χ2n) is 11.3. The lowest BCUT2D eigenvalue weighted by atomic mass is 9.71. The van der Waals surface area contributed by atoms with Crippen LogP contribution in [0.5, 0.6) is 0 Å². The lowest BCUT2D eigenvalue weighted by Gasteiger charge is -2.32. The number of hydrogen-bond donors (Lipinski definition) is 0. The van der Waals surface area contributed by atoms with Crippen LogP contribution in [-0.2, 0) is 16.0 Å². The Hall–Kier alpha value is -2.10. The number of benzene rings is 1. The molecule has 0 heterocycles. The Bertz CT molecular complexity index is 938.